The summed E-state index contributed by atoms with van der Waals surface area (Å²) in [5.41, 5.74) is 5.74. The average Bonchev–Trinajstić information content (AvgIpc) is 1.94. The van der Waals surface area contributed by atoms with Crippen molar-refractivity contribution in [2.75, 3.05) is 0 Å². The Balaban J connectivity index is 2.46. The summed E-state index contributed by atoms with van der Waals surface area (Å²) in [6.45, 7) is 2.09. The maximum absolute atomic E-state index is 10.6. The number of aliphatic carboxylic acids is 1. The van der Waals surface area contributed by atoms with Gasteiger partial charge in [0.25, 0.3) is 0 Å². The van der Waals surface area contributed by atoms with Crippen molar-refractivity contribution >= 4 is 5.97 Å². The first-order valence-electron chi connectivity index (χ1n) is 4.09. The van der Waals surface area contributed by atoms with Gasteiger partial charge in [-0.3, -0.25) is 4.79 Å². The van der Waals surface area contributed by atoms with Crippen LogP contribution in [0.15, 0.2) is 0 Å². The highest BCUT2D eigenvalue weighted by Gasteiger charge is 2.28. The molecule has 1 rings (SSSR count). The minimum absolute atomic E-state index is 0.0878. The van der Waals surface area contributed by atoms with Gasteiger partial charge in [0.1, 0.15) is 0 Å². The van der Waals surface area contributed by atoms with Crippen LogP contribution in [0.5, 0.6) is 0 Å². The van der Waals surface area contributed by atoms with Crippen molar-refractivity contribution in [3.63, 3.8) is 0 Å². The first kappa shape index (κ1) is 8.53. The lowest BCUT2D eigenvalue weighted by atomic mass is 9.80. The summed E-state index contributed by atoms with van der Waals surface area (Å²) in [7, 11) is 0. The highest BCUT2D eigenvalue weighted by molar-refractivity contribution is 5.70. The van der Waals surface area contributed by atoms with Crippen molar-refractivity contribution in [3.05, 3.63) is 0 Å². The van der Waals surface area contributed by atoms with Gasteiger partial charge in [-0.1, -0.05) is 6.92 Å². The second-order valence-electron chi connectivity index (χ2n) is 3.49. The zero-order valence-electron chi connectivity index (χ0n) is 6.79. The Labute approximate surface area is 66.6 Å². The lowest BCUT2D eigenvalue weighted by molar-refractivity contribution is -0.143. The molecule has 0 radical (unpaired) electrons. The minimum atomic E-state index is -0.688. The quantitative estimate of drug-likeness (QED) is 0.592. The lowest BCUT2D eigenvalue weighted by Crippen LogP contribution is -2.37. The molecule has 0 saturated heterocycles. The van der Waals surface area contributed by atoms with E-state index >= 15 is 0 Å². The highest BCUT2D eigenvalue weighted by Crippen LogP contribution is 2.27. The van der Waals surface area contributed by atoms with Crippen LogP contribution >= 0.6 is 0 Å². The highest BCUT2D eigenvalue weighted by atomic mass is 16.4. The Kier molecular flexibility index (Phi) is 2.49. The van der Waals surface area contributed by atoms with Crippen molar-refractivity contribution in [2.24, 2.45) is 17.6 Å². The lowest BCUT2D eigenvalue weighted by Gasteiger charge is -2.29. The second-order valence-corrected chi connectivity index (χ2v) is 3.49. The zero-order valence-corrected chi connectivity index (χ0v) is 6.79. The normalized spacial score (nSPS) is 38.5. The van der Waals surface area contributed by atoms with E-state index in [1.165, 1.54) is 0 Å². The summed E-state index contributed by atoms with van der Waals surface area (Å²) in [4.78, 5) is 10.6. The van der Waals surface area contributed by atoms with Gasteiger partial charge in [-0.05, 0) is 25.2 Å². The van der Waals surface area contributed by atoms with E-state index in [9.17, 15) is 4.79 Å². The van der Waals surface area contributed by atoms with Crippen LogP contribution in [-0.4, -0.2) is 17.1 Å². The standard InChI is InChI=1S/C8H15NO2/c1-5-2-3-6(8(10)11)4-7(5)9/h5-7H,2-4,9H2,1H3,(H,10,11)/t5-,6-,7+/m1/s1. The molecule has 0 bridgehead atoms. The third-order valence-electron chi connectivity index (χ3n) is 2.61. The Morgan fingerprint density at radius 3 is 2.64 bits per heavy atom. The second kappa shape index (κ2) is 3.22. The van der Waals surface area contributed by atoms with E-state index in [0.29, 0.717) is 12.3 Å². The Morgan fingerprint density at radius 2 is 2.18 bits per heavy atom. The van der Waals surface area contributed by atoms with Crippen molar-refractivity contribution < 1.29 is 9.90 Å². The van der Waals surface area contributed by atoms with E-state index in [-0.39, 0.29) is 12.0 Å². The summed E-state index contributed by atoms with van der Waals surface area (Å²) < 4.78 is 0. The Bertz CT molecular complexity index is 158. The molecule has 0 aromatic rings. The molecular weight excluding hydrogens is 142 g/mol. The van der Waals surface area contributed by atoms with Crippen LogP contribution < -0.4 is 5.73 Å². The third kappa shape index (κ3) is 1.93. The van der Waals surface area contributed by atoms with Crippen molar-refractivity contribution in [1.29, 1.82) is 0 Å². The van der Waals surface area contributed by atoms with Gasteiger partial charge in [-0.2, -0.15) is 0 Å². The predicted octanol–water partition coefficient (Wildman–Crippen LogP) is 0.835. The fraction of sp³-hybridized carbons (Fsp3) is 0.875. The maximum atomic E-state index is 10.6. The van der Waals surface area contributed by atoms with Crippen LogP contribution in [0.2, 0.25) is 0 Å². The topological polar surface area (TPSA) is 63.3 Å². The van der Waals surface area contributed by atoms with Crippen molar-refractivity contribution in [1.82, 2.24) is 0 Å². The van der Waals surface area contributed by atoms with E-state index in [0.717, 1.165) is 12.8 Å². The zero-order chi connectivity index (χ0) is 8.43. The fourth-order valence-electron chi connectivity index (χ4n) is 1.58. The molecule has 0 aromatic carbocycles. The van der Waals surface area contributed by atoms with Gasteiger partial charge in [0, 0.05) is 6.04 Å². The molecule has 1 aliphatic carbocycles. The van der Waals surface area contributed by atoms with Gasteiger partial charge in [-0.15, -0.1) is 0 Å². The van der Waals surface area contributed by atoms with Crippen LogP contribution in [0.1, 0.15) is 26.2 Å². The number of nitrogens with two attached hydrogens (primary N) is 1. The fourth-order valence-corrected chi connectivity index (χ4v) is 1.58. The van der Waals surface area contributed by atoms with Gasteiger partial charge in [0.15, 0.2) is 0 Å². The summed E-state index contributed by atoms with van der Waals surface area (Å²) in [6, 6.07) is 0.0878. The summed E-state index contributed by atoms with van der Waals surface area (Å²) >= 11 is 0. The number of carboxylic acids is 1. The Hall–Kier alpha value is -0.570. The van der Waals surface area contributed by atoms with E-state index in [1.54, 1.807) is 0 Å². The largest absolute Gasteiger partial charge is 0.481 e. The first-order valence-corrected chi connectivity index (χ1v) is 4.09. The molecule has 0 amide bonds. The maximum Gasteiger partial charge on any atom is 0.306 e. The molecule has 11 heavy (non-hydrogen) atoms. The number of hydrogen-bond acceptors (Lipinski definition) is 2. The first-order chi connectivity index (χ1) is 5.11. The summed E-state index contributed by atoms with van der Waals surface area (Å²) in [5.74, 6) is -0.390. The molecule has 0 aliphatic heterocycles. The van der Waals surface area contributed by atoms with Crippen molar-refractivity contribution in [2.45, 2.75) is 32.2 Å². The molecular formula is C8H15NO2. The molecule has 1 aliphatic rings. The van der Waals surface area contributed by atoms with Gasteiger partial charge >= 0.3 is 5.97 Å². The molecule has 3 heteroatoms. The molecule has 0 aromatic heterocycles. The predicted molar refractivity (Wildman–Crippen MR) is 42.1 cm³/mol. The van der Waals surface area contributed by atoms with Gasteiger partial charge in [0.05, 0.1) is 5.92 Å². The molecule has 0 heterocycles. The van der Waals surface area contributed by atoms with Crippen LogP contribution in [0.25, 0.3) is 0 Å². The van der Waals surface area contributed by atoms with Gasteiger partial charge in [0.2, 0.25) is 0 Å². The average molecular weight is 157 g/mol. The molecule has 3 N–H and O–H groups in total. The molecule has 0 unspecified atom stereocenters. The van der Waals surface area contributed by atoms with Crippen LogP contribution in [0, 0.1) is 11.8 Å². The molecule has 1 saturated carbocycles. The molecule has 3 nitrogen and oxygen atoms in total. The SMILES string of the molecule is C[C@@H]1CC[C@@H](C(=O)O)C[C@@H]1N. The molecule has 0 spiro atoms. The van der Waals surface area contributed by atoms with E-state index in [2.05, 4.69) is 6.92 Å². The Morgan fingerprint density at radius 1 is 1.55 bits per heavy atom. The number of carbonyl (C=O) groups is 1. The number of hydrogen-bond donors (Lipinski definition) is 2. The van der Waals surface area contributed by atoms with E-state index in [1.807, 2.05) is 0 Å². The van der Waals surface area contributed by atoms with E-state index in [4.69, 9.17) is 10.8 Å². The van der Waals surface area contributed by atoms with Crippen LogP contribution in [0.3, 0.4) is 0 Å². The van der Waals surface area contributed by atoms with Gasteiger partial charge in [-0.25, -0.2) is 0 Å². The smallest absolute Gasteiger partial charge is 0.306 e. The summed E-state index contributed by atoms with van der Waals surface area (Å²) in [5, 5.41) is 8.69. The van der Waals surface area contributed by atoms with E-state index < -0.39 is 5.97 Å². The number of rotatable bonds is 1. The minimum Gasteiger partial charge on any atom is -0.481 e. The van der Waals surface area contributed by atoms with Crippen molar-refractivity contribution in [3.8, 4) is 0 Å². The summed E-state index contributed by atoms with van der Waals surface area (Å²) in [6.07, 6.45) is 2.40. The molecule has 1 fully saturated rings. The van der Waals surface area contributed by atoms with Gasteiger partial charge < -0.3 is 10.8 Å². The third-order valence-corrected chi connectivity index (χ3v) is 2.61. The number of carboxylic acid groups (broad SMARTS) is 1. The van der Waals surface area contributed by atoms with Crippen LogP contribution in [0.4, 0.5) is 0 Å². The molecule has 64 valence electrons. The molecule has 3 atom stereocenters. The van der Waals surface area contributed by atoms with Crippen LogP contribution in [-0.2, 0) is 4.79 Å². The monoisotopic (exact) mass is 157 g/mol.